The Morgan fingerprint density at radius 3 is 2.15 bits per heavy atom. The summed E-state index contributed by atoms with van der Waals surface area (Å²) in [6.07, 6.45) is 8.96. The van der Waals surface area contributed by atoms with Gasteiger partial charge in [-0.1, -0.05) is 105 Å². The zero-order chi connectivity index (χ0) is 22.8. The lowest BCUT2D eigenvalue weighted by molar-refractivity contribution is -0.0356. The molecule has 0 radical (unpaired) electrons. The standard InChI is InChI=1S/C31H33NO/c1-31(2)27-18-10-11-19-28(27)32(3)30(31)20-12-17-26-21-25(23-13-6-4-7-14-23)22-29(33-26)24-15-8-5-9-16-24/h4-20,25-26,29H,21-22H2,1-3H3/b17-12+,30-20+. The molecule has 5 rings (SSSR count). The van der Waals surface area contributed by atoms with Crippen LogP contribution in [0.4, 0.5) is 5.69 Å². The number of allylic oxidation sites excluding steroid dienone is 3. The molecule has 2 aliphatic heterocycles. The number of rotatable bonds is 4. The van der Waals surface area contributed by atoms with Gasteiger partial charge in [-0.05, 0) is 47.6 Å². The van der Waals surface area contributed by atoms with Gasteiger partial charge in [0.2, 0.25) is 0 Å². The van der Waals surface area contributed by atoms with E-state index in [1.807, 2.05) is 0 Å². The third kappa shape index (κ3) is 4.28. The molecule has 0 bridgehead atoms. The number of ether oxygens (including phenoxy) is 1. The van der Waals surface area contributed by atoms with Crippen LogP contribution in [0.3, 0.4) is 0 Å². The molecule has 3 unspecified atom stereocenters. The van der Waals surface area contributed by atoms with E-state index in [9.17, 15) is 0 Å². The van der Waals surface area contributed by atoms with Gasteiger partial charge in [0.15, 0.2) is 0 Å². The molecule has 3 atom stereocenters. The predicted octanol–water partition coefficient (Wildman–Crippen LogP) is 7.56. The van der Waals surface area contributed by atoms with Crippen molar-refractivity contribution in [2.45, 2.75) is 50.2 Å². The lowest BCUT2D eigenvalue weighted by Crippen LogP contribution is -2.26. The number of hydrogen-bond donors (Lipinski definition) is 0. The van der Waals surface area contributed by atoms with Gasteiger partial charge in [0.25, 0.3) is 0 Å². The highest BCUT2D eigenvalue weighted by molar-refractivity contribution is 5.70. The molecule has 2 aliphatic rings. The lowest BCUT2D eigenvalue weighted by Gasteiger charge is -2.35. The number of hydrogen-bond acceptors (Lipinski definition) is 2. The van der Waals surface area contributed by atoms with E-state index >= 15 is 0 Å². The maximum absolute atomic E-state index is 6.60. The maximum Gasteiger partial charge on any atom is 0.0838 e. The van der Waals surface area contributed by atoms with E-state index in [4.69, 9.17) is 4.74 Å². The van der Waals surface area contributed by atoms with Crippen LogP contribution >= 0.6 is 0 Å². The molecule has 2 heterocycles. The number of benzene rings is 3. The third-order valence-corrected chi connectivity index (χ3v) is 7.32. The van der Waals surface area contributed by atoms with E-state index in [1.54, 1.807) is 0 Å². The van der Waals surface area contributed by atoms with E-state index in [2.05, 4.69) is 129 Å². The van der Waals surface area contributed by atoms with Crippen molar-refractivity contribution in [3.63, 3.8) is 0 Å². The SMILES string of the molecule is CN1/C(=C/C=C/C2CC(c3ccccc3)CC(c3ccccc3)O2)C(C)(C)c2ccccc21. The highest BCUT2D eigenvalue weighted by Gasteiger charge is 2.37. The Balaban J connectivity index is 1.40. The van der Waals surface area contributed by atoms with Gasteiger partial charge in [0, 0.05) is 23.8 Å². The third-order valence-electron chi connectivity index (χ3n) is 7.32. The largest absolute Gasteiger partial charge is 0.366 e. The van der Waals surface area contributed by atoms with Gasteiger partial charge >= 0.3 is 0 Å². The summed E-state index contributed by atoms with van der Waals surface area (Å²) in [4.78, 5) is 2.32. The second-order valence-corrected chi connectivity index (χ2v) is 9.79. The predicted molar refractivity (Wildman–Crippen MR) is 138 cm³/mol. The first kappa shape index (κ1) is 21.7. The fraction of sp³-hybridized carbons (Fsp3) is 0.290. The minimum Gasteiger partial charge on any atom is -0.366 e. The van der Waals surface area contributed by atoms with Crippen LogP contribution < -0.4 is 4.90 Å². The van der Waals surface area contributed by atoms with Crippen molar-refractivity contribution in [3.05, 3.63) is 126 Å². The zero-order valence-electron chi connectivity index (χ0n) is 19.8. The number of fused-ring (bicyclic) bond motifs is 1. The molecule has 1 saturated heterocycles. The summed E-state index contributed by atoms with van der Waals surface area (Å²) in [5.41, 5.74) is 6.66. The molecule has 168 valence electrons. The molecule has 0 amide bonds. The van der Waals surface area contributed by atoms with Crippen molar-refractivity contribution in [2.24, 2.45) is 0 Å². The molecular weight excluding hydrogens is 402 g/mol. The van der Waals surface area contributed by atoms with Crippen LogP contribution in [0.2, 0.25) is 0 Å². The fourth-order valence-corrected chi connectivity index (χ4v) is 5.53. The van der Waals surface area contributed by atoms with Gasteiger partial charge in [-0.2, -0.15) is 0 Å². The topological polar surface area (TPSA) is 12.5 Å². The van der Waals surface area contributed by atoms with E-state index < -0.39 is 0 Å². The molecule has 3 aromatic rings. The maximum atomic E-state index is 6.60. The Hall–Kier alpha value is -3.10. The van der Waals surface area contributed by atoms with E-state index in [0.717, 1.165) is 12.8 Å². The normalized spacial score (nSPS) is 25.5. The summed E-state index contributed by atoms with van der Waals surface area (Å²) >= 11 is 0. The highest BCUT2D eigenvalue weighted by atomic mass is 16.5. The summed E-state index contributed by atoms with van der Waals surface area (Å²) in [7, 11) is 2.17. The Labute approximate surface area is 198 Å². The van der Waals surface area contributed by atoms with Crippen LogP contribution in [0.25, 0.3) is 0 Å². The summed E-state index contributed by atoms with van der Waals surface area (Å²) in [6.45, 7) is 4.62. The molecule has 33 heavy (non-hydrogen) atoms. The highest BCUT2D eigenvalue weighted by Crippen LogP contribution is 2.46. The first-order chi connectivity index (χ1) is 16.0. The minimum atomic E-state index is -0.0117. The smallest absolute Gasteiger partial charge is 0.0838 e. The number of anilines is 1. The quantitative estimate of drug-likeness (QED) is 0.419. The van der Waals surface area contributed by atoms with Crippen molar-refractivity contribution in [1.82, 2.24) is 0 Å². The molecule has 0 aliphatic carbocycles. The molecule has 0 aromatic heterocycles. The van der Waals surface area contributed by atoms with Crippen LogP contribution in [-0.2, 0) is 10.2 Å². The molecule has 2 nitrogen and oxygen atoms in total. The molecular formula is C31H33NO. The minimum absolute atomic E-state index is 0.0117. The van der Waals surface area contributed by atoms with Gasteiger partial charge in [0.05, 0.1) is 12.2 Å². The zero-order valence-corrected chi connectivity index (χ0v) is 19.8. The van der Waals surface area contributed by atoms with Crippen molar-refractivity contribution in [2.75, 3.05) is 11.9 Å². The molecule has 2 heteroatoms. The molecule has 0 saturated carbocycles. The van der Waals surface area contributed by atoms with Crippen molar-refractivity contribution in [3.8, 4) is 0 Å². The summed E-state index contributed by atoms with van der Waals surface area (Å²) in [5, 5.41) is 0. The first-order valence-corrected chi connectivity index (χ1v) is 12.0. The Kier molecular flexibility index (Phi) is 5.95. The lowest BCUT2D eigenvalue weighted by atomic mass is 9.83. The van der Waals surface area contributed by atoms with Crippen LogP contribution in [0, 0.1) is 0 Å². The Bertz CT molecular complexity index is 1100. The van der Waals surface area contributed by atoms with Gasteiger partial charge in [-0.25, -0.2) is 0 Å². The van der Waals surface area contributed by atoms with Gasteiger partial charge in [-0.3, -0.25) is 0 Å². The van der Waals surface area contributed by atoms with Gasteiger partial charge in [-0.15, -0.1) is 0 Å². The van der Waals surface area contributed by atoms with Crippen molar-refractivity contribution in [1.29, 1.82) is 0 Å². The van der Waals surface area contributed by atoms with Crippen LogP contribution in [0.1, 0.15) is 55.4 Å². The number of nitrogens with zero attached hydrogens (tertiary/aromatic N) is 1. The Morgan fingerprint density at radius 2 is 1.45 bits per heavy atom. The number of likely N-dealkylation sites (N-methyl/N-ethyl adjacent to an activating group) is 1. The van der Waals surface area contributed by atoms with Crippen molar-refractivity contribution < 1.29 is 4.74 Å². The van der Waals surface area contributed by atoms with Crippen LogP contribution in [0.5, 0.6) is 0 Å². The van der Waals surface area contributed by atoms with Crippen LogP contribution in [0.15, 0.2) is 109 Å². The molecule has 0 N–H and O–H groups in total. The summed E-state index contributed by atoms with van der Waals surface area (Å²) in [6, 6.07) is 30.3. The second kappa shape index (κ2) is 9.03. The summed E-state index contributed by atoms with van der Waals surface area (Å²) < 4.78 is 6.60. The monoisotopic (exact) mass is 435 g/mol. The average Bonchev–Trinajstić information content (AvgIpc) is 3.05. The first-order valence-electron chi connectivity index (χ1n) is 12.0. The van der Waals surface area contributed by atoms with E-state index in [1.165, 1.54) is 28.1 Å². The molecule has 3 aromatic carbocycles. The average molecular weight is 436 g/mol. The number of para-hydroxylation sites is 1. The molecule has 0 spiro atoms. The van der Waals surface area contributed by atoms with E-state index in [-0.39, 0.29) is 17.6 Å². The van der Waals surface area contributed by atoms with Crippen LogP contribution in [-0.4, -0.2) is 13.2 Å². The van der Waals surface area contributed by atoms with Gasteiger partial charge in [0.1, 0.15) is 0 Å². The molecule has 1 fully saturated rings. The Morgan fingerprint density at radius 1 is 0.818 bits per heavy atom. The second-order valence-electron chi connectivity index (χ2n) is 9.79. The van der Waals surface area contributed by atoms with Crippen molar-refractivity contribution >= 4 is 5.69 Å². The van der Waals surface area contributed by atoms with Gasteiger partial charge < -0.3 is 9.64 Å². The van der Waals surface area contributed by atoms with E-state index in [0.29, 0.717) is 5.92 Å². The summed E-state index contributed by atoms with van der Waals surface area (Å²) in [5.74, 6) is 0.488. The fourth-order valence-electron chi connectivity index (χ4n) is 5.53.